The van der Waals surface area contributed by atoms with E-state index in [-0.39, 0.29) is 23.1 Å². The molecule has 0 saturated heterocycles. The van der Waals surface area contributed by atoms with Crippen LogP contribution in [0.3, 0.4) is 0 Å². The van der Waals surface area contributed by atoms with Gasteiger partial charge in [-0.15, -0.1) is 0 Å². The molecule has 20 heavy (non-hydrogen) atoms. The zero-order valence-corrected chi connectivity index (χ0v) is 11.0. The first-order valence-corrected chi connectivity index (χ1v) is 6.47. The van der Waals surface area contributed by atoms with Crippen LogP contribution >= 0.6 is 0 Å². The number of carbonyl (C=O) groups excluding carboxylic acids is 1. The smallest absolute Gasteiger partial charge is 0.303 e. The van der Waals surface area contributed by atoms with Gasteiger partial charge in [-0.3, -0.25) is 9.59 Å². The first kappa shape index (κ1) is 14.3. The Labute approximate surface area is 116 Å². The standard InChI is InChI=1S/C14H17FN2O3/c15-10-6-9(13(16)20)2-3-11(10)17-8-14(4-1-5-14)7-12(18)19/h2-3,6,17H,1,4-5,7-8H2,(H2,16,20)(H,18,19). The fourth-order valence-electron chi connectivity index (χ4n) is 2.51. The van der Waals surface area contributed by atoms with Crippen LogP contribution in [-0.4, -0.2) is 23.5 Å². The van der Waals surface area contributed by atoms with E-state index in [9.17, 15) is 14.0 Å². The first-order chi connectivity index (χ1) is 9.42. The average molecular weight is 280 g/mol. The molecule has 1 aromatic carbocycles. The Balaban J connectivity index is 2.03. The lowest BCUT2D eigenvalue weighted by Gasteiger charge is -2.41. The molecule has 108 valence electrons. The van der Waals surface area contributed by atoms with Crippen LogP contribution < -0.4 is 11.1 Å². The average Bonchev–Trinajstić information content (AvgIpc) is 2.33. The van der Waals surface area contributed by atoms with Gasteiger partial charge in [-0.1, -0.05) is 6.42 Å². The number of primary amides is 1. The van der Waals surface area contributed by atoms with E-state index in [1.807, 2.05) is 0 Å². The maximum absolute atomic E-state index is 13.8. The molecule has 1 aromatic rings. The van der Waals surface area contributed by atoms with Crippen LogP contribution in [0.4, 0.5) is 10.1 Å². The molecule has 5 nitrogen and oxygen atoms in total. The first-order valence-electron chi connectivity index (χ1n) is 6.47. The quantitative estimate of drug-likeness (QED) is 0.743. The third-order valence-electron chi connectivity index (χ3n) is 3.85. The van der Waals surface area contributed by atoms with Gasteiger partial charge in [0.25, 0.3) is 0 Å². The number of carbonyl (C=O) groups is 2. The van der Waals surface area contributed by atoms with Gasteiger partial charge >= 0.3 is 5.97 Å². The summed E-state index contributed by atoms with van der Waals surface area (Å²) in [4.78, 5) is 21.8. The van der Waals surface area contributed by atoms with Crippen LogP contribution in [-0.2, 0) is 4.79 Å². The second-order valence-corrected chi connectivity index (χ2v) is 5.34. The van der Waals surface area contributed by atoms with Gasteiger partial charge in [-0.2, -0.15) is 0 Å². The van der Waals surface area contributed by atoms with Gasteiger partial charge in [0, 0.05) is 12.1 Å². The predicted octanol–water partition coefficient (Wildman–Crippen LogP) is 1.98. The molecule has 0 unspecified atom stereocenters. The number of aliphatic carboxylic acids is 1. The monoisotopic (exact) mass is 280 g/mol. The van der Waals surface area contributed by atoms with Gasteiger partial charge in [0.15, 0.2) is 0 Å². The zero-order valence-electron chi connectivity index (χ0n) is 11.0. The highest BCUT2D eigenvalue weighted by Crippen LogP contribution is 2.44. The number of amides is 1. The Morgan fingerprint density at radius 3 is 2.55 bits per heavy atom. The van der Waals surface area contributed by atoms with Crippen LogP contribution in [0.25, 0.3) is 0 Å². The summed E-state index contributed by atoms with van der Waals surface area (Å²) < 4.78 is 13.8. The molecular formula is C14H17FN2O3. The van der Waals surface area contributed by atoms with E-state index in [1.165, 1.54) is 12.1 Å². The van der Waals surface area contributed by atoms with Crippen molar-refractivity contribution < 1.29 is 19.1 Å². The molecule has 4 N–H and O–H groups in total. The van der Waals surface area contributed by atoms with Gasteiger partial charge in [0.1, 0.15) is 5.82 Å². The molecule has 0 aliphatic heterocycles. The van der Waals surface area contributed by atoms with E-state index in [2.05, 4.69) is 5.32 Å². The molecule has 1 amide bonds. The third-order valence-corrected chi connectivity index (χ3v) is 3.85. The summed E-state index contributed by atoms with van der Waals surface area (Å²) in [6.45, 7) is 0.409. The maximum Gasteiger partial charge on any atom is 0.303 e. The summed E-state index contributed by atoms with van der Waals surface area (Å²) >= 11 is 0. The number of rotatable bonds is 6. The minimum Gasteiger partial charge on any atom is -0.481 e. The number of anilines is 1. The molecule has 2 rings (SSSR count). The number of nitrogens with one attached hydrogen (secondary N) is 1. The molecule has 1 fully saturated rings. The minimum absolute atomic E-state index is 0.0843. The van der Waals surface area contributed by atoms with Crippen molar-refractivity contribution in [1.29, 1.82) is 0 Å². The van der Waals surface area contributed by atoms with Crippen LogP contribution in [0.5, 0.6) is 0 Å². The highest BCUT2D eigenvalue weighted by molar-refractivity contribution is 5.93. The van der Waals surface area contributed by atoms with Gasteiger partial charge in [0.05, 0.1) is 12.1 Å². The lowest BCUT2D eigenvalue weighted by molar-refractivity contribution is -0.141. The van der Waals surface area contributed by atoms with Crippen LogP contribution in [0, 0.1) is 11.2 Å². The van der Waals surface area contributed by atoms with Crippen molar-refractivity contribution in [1.82, 2.24) is 0 Å². The van der Waals surface area contributed by atoms with Crippen molar-refractivity contribution in [3.8, 4) is 0 Å². The van der Waals surface area contributed by atoms with E-state index in [0.29, 0.717) is 6.54 Å². The Hall–Kier alpha value is -2.11. The van der Waals surface area contributed by atoms with Crippen molar-refractivity contribution in [2.75, 3.05) is 11.9 Å². The number of carboxylic acid groups (broad SMARTS) is 1. The molecule has 0 spiro atoms. The summed E-state index contributed by atoms with van der Waals surface area (Å²) in [7, 11) is 0. The molecule has 0 radical (unpaired) electrons. The van der Waals surface area contributed by atoms with Crippen LogP contribution in [0.1, 0.15) is 36.0 Å². The summed E-state index contributed by atoms with van der Waals surface area (Å²) in [5.74, 6) is -2.08. The highest BCUT2D eigenvalue weighted by Gasteiger charge is 2.38. The highest BCUT2D eigenvalue weighted by atomic mass is 19.1. The normalized spacial score (nSPS) is 16.2. The van der Waals surface area contributed by atoms with Crippen LogP contribution in [0.2, 0.25) is 0 Å². The number of carboxylic acids is 1. The fourth-order valence-corrected chi connectivity index (χ4v) is 2.51. The van der Waals surface area contributed by atoms with Crippen molar-refractivity contribution in [3.63, 3.8) is 0 Å². The second kappa shape index (κ2) is 5.48. The third kappa shape index (κ3) is 3.07. The molecule has 0 atom stereocenters. The second-order valence-electron chi connectivity index (χ2n) is 5.34. The minimum atomic E-state index is -0.837. The molecule has 0 heterocycles. The summed E-state index contributed by atoms with van der Waals surface area (Å²) in [6.07, 6.45) is 2.74. The molecule has 1 aliphatic carbocycles. The Kier molecular flexibility index (Phi) is 3.92. The largest absolute Gasteiger partial charge is 0.481 e. The Morgan fingerprint density at radius 2 is 2.10 bits per heavy atom. The van der Waals surface area contributed by atoms with E-state index < -0.39 is 17.7 Å². The number of hydrogen-bond acceptors (Lipinski definition) is 3. The molecule has 6 heteroatoms. The van der Waals surface area contributed by atoms with E-state index in [1.54, 1.807) is 0 Å². The van der Waals surface area contributed by atoms with Gasteiger partial charge in [-0.05, 0) is 36.5 Å². The van der Waals surface area contributed by atoms with Crippen molar-refractivity contribution in [3.05, 3.63) is 29.6 Å². The number of hydrogen-bond donors (Lipinski definition) is 3. The number of benzene rings is 1. The van der Waals surface area contributed by atoms with Crippen molar-refractivity contribution >= 4 is 17.6 Å². The van der Waals surface area contributed by atoms with Gasteiger partial charge in [-0.25, -0.2) is 4.39 Å². The van der Waals surface area contributed by atoms with Crippen LogP contribution in [0.15, 0.2) is 18.2 Å². The lowest BCUT2D eigenvalue weighted by atomic mass is 9.66. The predicted molar refractivity (Wildman–Crippen MR) is 71.9 cm³/mol. The molecule has 0 bridgehead atoms. The molecule has 1 saturated carbocycles. The Bertz CT molecular complexity index is 541. The summed E-state index contributed by atoms with van der Waals surface area (Å²) in [5.41, 5.74) is 5.14. The van der Waals surface area contributed by atoms with Gasteiger partial charge < -0.3 is 16.2 Å². The Morgan fingerprint density at radius 1 is 1.40 bits per heavy atom. The lowest BCUT2D eigenvalue weighted by Crippen LogP contribution is -2.38. The topological polar surface area (TPSA) is 92.4 Å². The molecular weight excluding hydrogens is 263 g/mol. The van der Waals surface area contributed by atoms with Crippen molar-refractivity contribution in [2.24, 2.45) is 11.1 Å². The zero-order chi connectivity index (χ0) is 14.8. The molecule has 1 aliphatic rings. The molecule has 0 aromatic heterocycles. The van der Waals surface area contributed by atoms with Crippen molar-refractivity contribution in [2.45, 2.75) is 25.7 Å². The summed E-state index contributed by atoms with van der Waals surface area (Å²) in [5, 5.41) is 11.8. The summed E-state index contributed by atoms with van der Waals surface area (Å²) in [6, 6.07) is 3.97. The van der Waals surface area contributed by atoms with E-state index >= 15 is 0 Å². The SMILES string of the molecule is NC(=O)c1ccc(NCC2(CC(=O)O)CCC2)c(F)c1. The number of nitrogens with two attached hydrogens (primary N) is 1. The maximum atomic E-state index is 13.8. The number of halogens is 1. The van der Waals surface area contributed by atoms with E-state index in [4.69, 9.17) is 10.8 Å². The van der Waals surface area contributed by atoms with E-state index in [0.717, 1.165) is 25.3 Å². The fraction of sp³-hybridized carbons (Fsp3) is 0.429. The van der Waals surface area contributed by atoms with Gasteiger partial charge in [0.2, 0.25) is 5.91 Å².